The van der Waals surface area contributed by atoms with Crippen LogP contribution in [-0.4, -0.2) is 5.71 Å². The highest BCUT2D eigenvalue weighted by molar-refractivity contribution is 5.92. The Labute approximate surface area is 99.5 Å². The van der Waals surface area contributed by atoms with Gasteiger partial charge in [-0.2, -0.15) is 0 Å². The first-order valence-corrected chi connectivity index (χ1v) is 6.17. The van der Waals surface area contributed by atoms with Gasteiger partial charge in [0.25, 0.3) is 0 Å². The number of hydrogen-bond donors (Lipinski definition) is 1. The number of nitrogens with one attached hydrogen (secondary N) is 1. The summed E-state index contributed by atoms with van der Waals surface area (Å²) in [6, 6.07) is 0. The van der Waals surface area contributed by atoms with Gasteiger partial charge in [-0.1, -0.05) is 36.3 Å². The topological polar surface area (TPSA) is 23.9 Å². The van der Waals surface area contributed by atoms with E-state index in [1.165, 1.54) is 24.0 Å². The Morgan fingerprint density at radius 1 is 1.50 bits per heavy atom. The van der Waals surface area contributed by atoms with E-state index < -0.39 is 0 Å². The molecule has 0 saturated heterocycles. The van der Waals surface area contributed by atoms with Crippen LogP contribution in [0.5, 0.6) is 0 Å². The van der Waals surface area contributed by atoms with Crippen LogP contribution < -0.4 is 0 Å². The highest BCUT2D eigenvalue weighted by atomic mass is 14.4. The van der Waals surface area contributed by atoms with E-state index >= 15 is 0 Å². The van der Waals surface area contributed by atoms with Gasteiger partial charge in [-0.05, 0) is 51.5 Å². The van der Waals surface area contributed by atoms with E-state index in [1.807, 2.05) is 19.9 Å². The van der Waals surface area contributed by atoms with Gasteiger partial charge < -0.3 is 5.41 Å². The zero-order valence-electron chi connectivity index (χ0n) is 10.7. The van der Waals surface area contributed by atoms with Crippen LogP contribution in [0.25, 0.3) is 0 Å². The molecule has 0 aromatic heterocycles. The van der Waals surface area contributed by atoms with E-state index in [2.05, 4.69) is 25.2 Å². The van der Waals surface area contributed by atoms with Crippen molar-refractivity contribution in [1.82, 2.24) is 0 Å². The maximum absolute atomic E-state index is 7.80. The predicted octanol–water partition coefficient (Wildman–Crippen LogP) is 4.67. The van der Waals surface area contributed by atoms with Gasteiger partial charge >= 0.3 is 0 Å². The molecule has 0 aromatic rings. The van der Waals surface area contributed by atoms with Crippen molar-refractivity contribution >= 4 is 5.71 Å². The van der Waals surface area contributed by atoms with E-state index in [0.717, 1.165) is 18.6 Å². The van der Waals surface area contributed by atoms with E-state index in [1.54, 1.807) is 0 Å². The van der Waals surface area contributed by atoms with Gasteiger partial charge in [0.05, 0.1) is 0 Å². The molecule has 16 heavy (non-hydrogen) atoms. The van der Waals surface area contributed by atoms with E-state index in [4.69, 9.17) is 5.41 Å². The Morgan fingerprint density at radius 3 is 2.94 bits per heavy atom. The lowest BCUT2D eigenvalue weighted by Gasteiger charge is -2.01. The van der Waals surface area contributed by atoms with Crippen molar-refractivity contribution in [2.24, 2.45) is 5.92 Å². The van der Waals surface area contributed by atoms with Crippen LogP contribution in [-0.2, 0) is 0 Å². The van der Waals surface area contributed by atoms with Crippen LogP contribution in [0.2, 0.25) is 0 Å². The Kier molecular flexibility index (Phi) is 5.24. The SMILES string of the molecule is CC(C)=CC(=N)CCC1=CCCC(C)C=C1. The molecule has 1 rings (SSSR count). The molecular weight excluding hydrogens is 194 g/mol. The van der Waals surface area contributed by atoms with Crippen molar-refractivity contribution in [2.45, 2.75) is 46.5 Å². The van der Waals surface area contributed by atoms with Crippen molar-refractivity contribution in [3.05, 3.63) is 35.5 Å². The molecule has 1 aliphatic carbocycles. The smallest absolute Gasteiger partial charge is 0.0316 e. The Balaban J connectivity index is 2.43. The quantitative estimate of drug-likeness (QED) is 0.662. The molecule has 0 bridgehead atoms. The number of rotatable bonds is 4. The van der Waals surface area contributed by atoms with Crippen molar-refractivity contribution in [2.75, 3.05) is 0 Å². The Bertz CT molecular complexity index is 327. The summed E-state index contributed by atoms with van der Waals surface area (Å²) in [7, 11) is 0. The summed E-state index contributed by atoms with van der Waals surface area (Å²) in [6.45, 7) is 6.35. The van der Waals surface area contributed by atoms with Crippen LogP contribution in [0.3, 0.4) is 0 Å². The number of allylic oxidation sites excluding steroid dienone is 6. The van der Waals surface area contributed by atoms with Crippen molar-refractivity contribution in [3.63, 3.8) is 0 Å². The molecule has 1 aliphatic rings. The third-order valence-corrected chi connectivity index (χ3v) is 2.81. The summed E-state index contributed by atoms with van der Waals surface area (Å²) in [5.41, 5.74) is 3.35. The number of hydrogen-bond acceptors (Lipinski definition) is 1. The van der Waals surface area contributed by atoms with Gasteiger partial charge in [-0.15, -0.1) is 0 Å². The van der Waals surface area contributed by atoms with Gasteiger partial charge in [0, 0.05) is 5.71 Å². The minimum absolute atomic E-state index is 0.700. The van der Waals surface area contributed by atoms with Crippen LogP contribution in [0.1, 0.15) is 46.5 Å². The van der Waals surface area contributed by atoms with E-state index in [-0.39, 0.29) is 0 Å². The summed E-state index contributed by atoms with van der Waals surface area (Å²) in [5.74, 6) is 0.700. The molecule has 1 nitrogen and oxygen atoms in total. The first kappa shape index (κ1) is 13.0. The first-order chi connectivity index (χ1) is 7.58. The van der Waals surface area contributed by atoms with Gasteiger partial charge in [-0.3, -0.25) is 0 Å². The van der Waals surface area contributed by atoms with E-state index in [9.17, 15) is 0 Å². The normalized spacial score (nSPS) is 19.9. The fraction of sp³-hybridized carbons (Fsp3) is 0.533. The minimum atomic E-state index is 0.700. The van der Waals surface area contributed by atoms with Crippen molar-refractivity contribution in [1.29, 1.82) is 5.41 Å². The molecule has 0 amide bonds. The molecule has 0 heterocycles. The second-order valence-electron chi connectivity index (χ2n) is 4.94. The lowest BCUT2D eigenvalue weighted by atomic mass is 10.1. The zero-order chi connectivity index (χ0) is 12.0. The summed E-state index contributed by atoms with van der Waals surface area (Å²) in [5, 5.41) is 7.80. The third-order valence-electron chi connectivity index (χ3n) is 2.81. The highest BCUT2D eigenvalue weighted by Gasteiger charge is 2.03. The van der Waals surface area contributed by atoms with Crippen molar-refractivity contribution < 1.29 is 0 Å². The molecule has 0 aromatic carbocycles. The highest BCUT2D eigenvalue weighted by Crippen LogP contribution is 2.18. The zero-order valence-corrected chi connectivity index (χ0v) is 10.7. The third kappa shape index (κ3) is 5.11. The average Bonchev–Trinajstić information content (AvgIpc) is 2.39. The predicted molar refractivity (Wildman–Crippen MR) is 72.0 cm³/mol. The summed E-state index contributed by atoms with van der Waals surface area (Å²) < 4.78 is 0. The van der Waals surface area contributed by atoms with Crippen LogP contribution in [0.4, 0.5) is 0 Å². The van der Waals surface area contributed by atoms with Crippen molar-refractivity contribution in [3.8, 4) is 0 Å². The average molecular weight is 217 g/mol. The molecule has 0 aliphatic heterocycles. The Morgan fingerprint density at radius 2 is 2.25 bits per heavy atom. The molecule has 0 spiro atoms. The standard InChI is InChI=1S/C15H23N/c1-12(2)11-15(16)10-9-14-6-4-5-13(3)7-8-14/h6-8,11,13,16H,4-5,9-10H2,1-3H3. The molecular formula is C15H23N. The fourth-order valence-electron chi connectivity index (χ4n) is 1.87. The second-order valence-corrected chi connectivity index (χ2v) is 4.94. The molecule has 0 saturated carbocycles. The molecule has 1 N–H and O–H groups in total. The maximum atomic E-state index is 7.80. The van der Waals surface area contributed by atoms with Gasteiger partial charge in [0.15, 0.2) is 0 Å². The molecule has 88 valence electrons. The summed E-state index contributed by atoms with van der Waals surface area (Å²) in [6.07, 6.45) is 13.1. The minimum Gasteiger partial charge on any atom is -0.305 e. The lowest BCUT2D eigenvalue weighted by Crippen LogP contribution is -1.93. The maximum Gasteiger partial charge on any atom is 0.0316 e. The lowest BCUT2D eigenvalue weighted by molar-refractivity contribution is 0.662. The largest absolute Gasteiger partial charge is 0.305 e. The van der Waals surface area contributed by atoms with E-state index in [0.29, 0.717) is 5.92 Å². The Hall–Kier alpha value is -1.11. The molecule has 0 radical (unpaired) electrons. The second kappa shape index (κ2) is 6.47. The first-order valence-electron chi connectivity index (χ1n) is 6.17. The molecule has 1 heteroatoms. The van der Waals surface area contributed by atoms with Gasteiger partial charge in [0.1, 0.15) is 0 Å². The van der Waals surface area contributed by atoms with Crippen LogP contribution in [0, 0.1) is 11.3 Å². The monoisotopic (exact) mass is 217 g/mol. The molecule has 1 atom stereocenters. The van der Waals surface area contributed by atoms with Crippen LogP contribution in [0.15, 0.2) is 35.5 Å². The summed E-state index contributed by atoms with van der Waals surface area (Å²) in [4.78, 5) is 0. The fourth-order valence-corrected chi connectivity index (χ4v) is 1.87. The summed E-state index contributed by atoms with van der Waals surface area (Å²) >= 11 is 0. The molecule has 1 unspecified atom stereocenters. The van der Waals surface area contributed by atoms with Gasteiger partial charge in [-0.25, -0.2) is 0 Å². The van der Waals surface area contributed by atoms with Crippen LogP contribution >= 0.6 is 0 Å². The van der Waals surface area contributed by atoms with Gasteiger partial charge in [0.2, 0.25) is 0 Å². The molecule has 0 fully saturated rings.